The number of carbonyl (C=O) groups excluding carboxylic acids is 1. The van der Waals surface area contributed by atoms with Gasteiger partial charge in [-0.25, -0.2) is 4.98 Å². The molecule has 5 nitrogen and oxygen atoms in total. The first-order valence-electron chi connectivity index (χ1n) is 9.58. The molecule has 0 bridgehead atoms. The van der Waals surface area contributed by atoms with Crippen LogP contribution in [0, 0.1) is 0 Å². The molecular formula is C22H19N3O2S2. The average molecular weight is 422 g/mol. The molecule has 1 aliphatic carbocycles. The average Bonchev–Trinajstić information content (AvgIpc) is 3.40. The highest BCUT2D eigenvalue weighted by molar-refractivity contribution is 7.18. The van der Waals surface area contributed by atoms with E-state index in [-0.39, 0.29) is 24.1 Å². The Labute approximate surface area is 175 Å². The molecule has 1 N–H and O–H groups in total. The molecule has 1 aromatic carbocycles. The van der Waals surface area contributed by atoms with Crippen molar-refractivity contribution in [3.8, 4) is 10.4 Å². The highest BCUT2D eigenvalue weighted by atomic mass is 32.1. The molecule has 0 radical (unpaired) electrons. The minimum atomic E-state index is -0.168. The van der Waals surface area contributed by atoms with E-state index in [0.29, 0.717) is 10.2 Å². The number of hydrogen-bond donors (Lipinski definition) is 1. The second-order valence-corrected chi connectivity index (χ2v) is 9.00. The normalized spacial score (nSPS) is 15.9. The number of thiophene rings is 2. The molecule has 29 heavy (non-hydrogen) atoms. The van der Waals surface area contributed by atoms with Gasteiger partial charge < -0.3 is 5.32 Å². The molecule has 0 fully saturated rings. The zero-order valence-electron chi connectivity index (χ0n) is 15.6. The van der Waals surface area contributed by atoms with Crippen molar-refractivity contribution in [2.24, 2.45) is 0 Å². The van der Waals surface area contributed by atoms with Gasteiger partial charge in [-0.15, -0.1) is 22.7 Å². The van der Waals surface area contributed by atoms with Crippen LogP contribution < -0.4 is 10.9 Å². The predicted molar refractivity (Wildman–Crippen MR) is 117 cm³/mol. The van der Waals surface area contributed by atoms with Crippen LogP contribution in [0.2, 0.25) is 0 Å². The minimum absolute atomic E-state index is 0.00247. The lowest BCUT2D eigenvalue weighted by Gasteiger charge is -2.26. The van der Waals surface area contributed by atoms with Crippen molar-refractivity contribution in [1.82, 2.24) is 14.9 Å². The maximum atomic E-state index is 13.1. The Kier molecular flexibility index (Phi) is 4.77. The topological polar surface area (TPSA) is 64.0 Å². The van der Waals surface area contributed by atoms with Gasteiger partial charge >= 0.3 is 0 Å². The number of aromatic nitrogens is 2. The van der Waals surface area contributed by atoms with Crippen molar-refractivity contribution >= 4 is 38.8 Å². The number of hydrogen-bond acceptors (Lipinski definition) is 5. The SMILES string of the molecule is O=C(Cn1cnc2scc(-c3cccs3)c2c1=O)NC1CCCc2ccccc21. The van der Waals surface area contributed by atoms with Crippen LogP contribution in [0.25, 0.3) is 20.7 Å². The van der Waals surface area contributed by atoms with Gasteiger partial charge in [-0.3, -0.25) is 14.2 Å². The van der Waals surface area contributed by atoms with Crippen molar-refractivity contribution in [3.63, 3.8) is 0 Å². The maximum Gasteiger partial charge on any atom is 0.263 e. The molecule has 3 aromatic heterocycles. The van der Waals surface area contributed by atoms with Gasteiger partial charge in [-0.05, 0) is 41.8 Å². The maximum absolute atomic E-state index is 13.1. The van der Waals surface area contributed by atoms with Crippen LogP contribution in [0.1, 0.15) is 30.0 Å². The van der Waals surface area contributed by atoms with Crippen LogP contribution in [-0.4, -0.2) is 15.5 Å². The van der Waals surface area contributed by atoms with Gasteiger partial charge in [-0.2, -0.15) is 0 Å². The van der Waals surface area contributed by atoms with Crippen LogP contribution in [0.15, 0.2) is 58.3 Å². The standard InChI is InChI=1S/C22H19N3O2S2/c26-19(24-17-8-3-6-14-5-1-2-7-15(14)17)11-25-13-23-21-20(22(25)27)16(12-29-21)18-9-4-10-28-18/h1-2,4-5,7,9-10,12-13,17H,3,6,8,11H2,(H,24,26). The number of nitrogens with zero attached hydrogens (tertiary/aromatic N) is 2. The largest absolute Gasteiger partial charge is 0.348 e. The summed E-state index contributed by atoms with van der Waals surface area (Å²) in [5.41, 5.74) is 3.21. The van der Waals surface area contributed by atoms with Crippen LogP contribution >= 0.6 is 22.7 Å². The van der Waals surface area contributed by atoms with Crippen LogP contribution in [0.5, 0.6) is 0 Å². The lowest BCUT2D eigenvalue weighted by molar-refractivity contribution is -0.122. The third-order valence-electron chi connectivity index (χ3n) is 5.37. The monoisotopic (exact) mass is 421 g/mol. The molecule has 7 heteroatoms. The summed E-state index contributed by atoms with van der Waals surface area (Å²) >= 11 is 3.05. The fourth-order valence-corrected chi connectivity index (χ4v) is 5.71. The molecule has 0 saturated heterocycles. The van der Waals surface area contributed by atoms with E-state index in [0.717, 1.165) is 29.7 Å². The Bertz CT molecular complexity index is 1240. The van der Waals surface area contributed by atoms with E-state index in [1.807, 2.05) is 35.0 Å². The van der Waals surface area contributed by atoms with E-state index in [4.69, 9.17) is 0 Å². The highest BCUT2D eigenvalue weighted by Crippen LogP contribution is 2.33. The van der Waals surface area contributed by atoms with Gasteiger partial charge in [0.25, 0.3) is 5.56 Å². The number of nitrogens with one attached hydrogen (secondary N) is 1. The van der Waals surface area contributed by atoms with E-state index in [1.165, 1.54) is 33.4 Å². The Balaban J connectivity index is 1.41. The van der Waals surface area contributed by atoms with Crippen LogP contribution in [0.3, 0.4) is 0 Å². The summed E-state index contributed by atoms with van der Waals surface area (Å²) in [6.45, 7) is -0.0276. The first-order chi connectivity index (χ1) is 14.2. The second kappa shape index (κ2) is 7.57. The zero-order chi connectivity index (χ0) is 19.8. The molecule has 0 aliphatic heterocycles. The second-order valence-electron chi connectivity index (χ2n) is 7.20. The number of aryl methyl sites for hydroxylation is 1. The number of benzene rings is 1. The number of rotatable bonds is 4. The third kappa shape index (κ3) is 3.41. The molecule has 5 rings (SSSR count). The summed E-state index contributed by atoms with van der Waals surface area (Å²) in [5, 5.41) is 7.66. The van der Waals surface area contributed by atoms with E-state index in [9.17, 15) is 9.59 Å². The summed E-state index contributed by atoms with van der Waals surface area (Å²) in [6, 6.07) is 12.2. The van der Waals surface area contributed by atoms with Crippen molar-refractivity contribution in [1.29, 1.82) is 0 Å². The van der Waals surface area contributed by atoms with Crippen LogP contribution in [-0.2, 0) is 17.8 Å². The van der Waals surface area contributed by atoms with E-state index in [1.54, 1.807) is 11.3 Å². The molecule has 1 amide bonds. The van der Waals surface area contributed by atoms with Gasteiger partial charge in [-0.1, -0.05) is 30.3 Å². The molecule has 3 heterocycles. The molecule has 4 aromatic rings. The quantitative estimate of drug-likeness (QED) is 0.532. The first kappa shape index (κ1) is 18.3. The van der Waals surface area contributed by atoms with E-state index < -0.39 is 0 Å². The third-order valence-corrected chi connectivity index (χ3v) is 7.16. The molecule has 1 aliphatic rings. The summed E-state index contributed by atoms with van der Waals surface area (Å²) in [7, 11) is 0. The molecule has 0 saturated carbocycles. The Hall–Kier alpha value is -2.77. The molecular weight excluding hydrogens is 402 g/mol. The Morgan fingerprint density at radius 2 is 2.10 bits per heavy atom. The lowest BCUT2D eigenvalue weighted by atomic mass is 9.88. The van der Waals surface area contributed by atoms with Crippen molar-refractivity contribution in [2.45, 2.75) is 31.8 Å². The summed E-state index contributed by atoms with van der Waals surface area (Å²) in [4.78, 5) is 32.0. The van der Waals surface area contributed by atoms with Gasteiger partial charge in [0, 0.05) is 15.8 Å². The summed E-state index contributed by atoms with van der Waals surface area (Å²) in [5.74, 6) is -0.164. The molecule has 1 atom stereocenters. The van der Waals surface area contributed by atoms with E-state index >= 15 is 0 Å². The van der Waals surface area contributed by atoms with Crippen molar-refractivity contribution < 1.29 is 4.79 Å². The van der Waals surface area contributed by atoms with Gasteiger partial charge in [0.15, 0.2) is 0 Å². The number of amides is 1. The van der Waals surface area contributed by atoms with Crippen molar-refractivity contribution in [2.75, 3.05) is 0 Å². The van der Waals surface area contributed by atoms with Gasteiger partial charge in [0.05, 0.1) is 17.8 Å². The number of fused-ring (bicyclic) bond motifs is 2. The highest BCUT2D eigenvalue weighted by Gasteiger charge is 2.22. The zero-order valence-corrected chi connectivity index (χ0v) is 17.3. The van der Waals surface area contributed by atoms with Crippen LogP contribution in [0.4, 0.5) is 0 Å². The fraction of sp³-hybridized carbons (Fsp3) is 0.227. The summed E-state index contributed by atoms with van der Waals surface area (Å²) < 4.78 is 1.41. The van der Waals surface area contributed by atoms with Gasteiger partial charge in [0.1, 0.15) is 11.4 Å². The lowest BCUT2D eigenvalue weighted by Crippen LogP contribution is -2.36. The Morgan fingerprint density at radius 1 is 1.21 bits per heavy atom. The molecule has 146 valence electrons. The fourth-order valence-electron chi connectivity index (χ4n) is 3.99. The molecule has 1 unspecified atom stereocenters. The predicted octanol–water partition coefficient (Wildman–Crippen LogP) is 4.38. The van der Waals surface area contributed by atoms with E-state index in [2.05, 4.69) is 22.4 Å². The van der Waals surface area contributed by atoms with Gasteiger partial charge in [0.2, 0.25) is 5.91 Å². The molecule has 0 spiro atoms. The minimum Gasteiger partial charge on any atom is -0.348 e. The Morgan fingerprint density at radius 3 is 2.97 bits per heavy atom. The first-order valence-corrected chi connectivity index (χ1v) is 11.3. The number of carbonyl (C=O) groups is 1. The smallest absolute Gasteiger partial charge is 0.263 e. The summed E-state index contributed by atoms with van der Waals surface area (Å²) in [6.07, 6.45) is 4.50. The van der Waals surface area contributed by atoms with Crippen molar-refractivity contribution in [3.05, 3.63) is 75.0 Å².